The summed E-state index contributed by atoms with van der Waals surface area (Å²) >= 11 is 0. The summed E-state index contributed by atoms with van der Waals surface area (Å²) in [5.41, 5.74) is 11.4. The summed E-state index contributed by atoms with van der Waals surface area (Å²) in [6.07, 6.45) is 6.26. The van der Waals surface area contributed by atoms with Gasteiger partial charge in [0.2, 0.25) is 0 Å². The maximum atomic E-state index is 13.0. The molecule has 1 unspecified atom stereocenters. The van der Waals surface area contributed by atoms with Gasteiger partial charge < -0.3 is 14.5 Å². The average Bonchev–Trinajstić information content (AvgIpc) is 3.48. The topological polar surface area (TPSA) is 82.6 Å². The molecule has 6 rings (SSSR count). The van der Waals surface area contributed by atoms with Gasteiger partial charge in [-0.05, 0) is 61.1 Å². The van der Waals surface area contributed by atoms with Crippen molar-refractivity contribution in [3.05, 3.63) is 53.9 Å². The van der Waals surface area contributed by atoms with Crippen LogP contribution in [0.25, 0.3) is 22.0 Å². The van der Waals surface area contributed by atoms with Crippen LogP contribution in [0.4, 0.5) is 5.82 Å². The van der Waals surface area contributed by atoms with E-state index in [0.29, 0.717) is 13.2 Å². The van der Waals surface area contributed by atoms with Gasteiger partial charge in [0.05, 0.1) is 30.5 Å². The molecule has 0 radical (unpaired) electrons. The van der Waals surface area contributed by atoms with E-state index >= 15 is 0 Å². The first-order valence-electron chi connectivity index (χ1n) is 12.8. The van der Waals surface area contributed by atoms with Crippen LogP contribution in [0, 0.1) is 0 Å². The van der Waals surface area contributed by atoms with Gasteiger partial charge in [0.15, 0.2) is 0 Å². The molecule has 35 heavy (non-hydrogen) atoms. The molecule has 3 aliphatic rings. The lowest BCUT2D eigenvalue weighted by Gasteiger charge is -2.29. The number of anilines is 1. The number of likely N-dealkylation sites (tertiary alicyclic amines) is 1. The Morgan fingerprint density at radius 3 is 2.54 bits per heavy atom. The Bertz CT molecular complexity index is 1200. The first-order valence-corrected chi connectivity index (χ1v) is 12.8. The van der Waals surface area contributed by atoms with Gasteiger partial charge in [0.25, 0.3) is 5.91 Å². The molecule has 5 heterocycles. The van der Waals surface area contributed by atoms with Crippen molar-refractivity contribution in [1.82, 2.24) is 25.7 Å². The predicted molar refractivity (Wildman–Crippen MR) is 136 cm³/mol. The minimum absolute atomic E-state index is 0.128. The average molecular weight is 473 g/mol. The fraction of sp³-hybridized carbons (Fsp3) is 0.444. The predicted octanol–water partition coefficient (Wildman–Crippen LogP) is 3.30. The number of carbonyl (C=O) groups excluding carboxylic acids is 1. The zero-order valence-electron chi connectivity index (χ0n) is 20.0. The number of nitrogens with zero attached hydrogens (tertiary/aromatic N) is 4. The molecule has 8 heteroatoms. The van der Waals surface area contributed by atoms with Crippen molar-refractivity contribution in [2.24, 2.45) is 0 Å². The van der Waals surface area contributed by atoms with Gasteiger partial charge in [0.1, 0.15) is 5.82 Å². The van der Waals surface area contributed by atoms with Crippen LogP contribution in [0.1, 0.15) is 47.8 Å². The third kappa shape index (κ3) is 4.49. The van der Waals surface area contributed by atoms with E-state index in [2.05, 4.69) is 40.0 Å². The van der Waals surface area contributed by atoms with Gasteiger partial charge in [-0.3, -0.25) is 15.2 Å². The molecular weight excluding hydrogens is 440 g/mol. The van der Waals surface area contributed by atoms with Crippen molar-refractivity contribution >= 4 is 22.6 Å². The van der Waals surface area contributed by atoms with E-state index in [0.717, 1.165) is 91.1 Å². The summed E-state index contributed by atoms with van der Waals surface area (Å²) in [7, 11) is 0. The number of benzene rings is 1. The minimum atomic E-state index is 0.128. The fourth-order valence-electron chi connectivity index (χ4n) is 5.37. The third-order valence-corrected chi connectivity index (χ3v) is 7.33. The van der Waals surface area contributed by atoms with E-state index in [9.17, 15) is 4.79 Å². The molecule has 1 aromatic carbocycles. The van der Waals surface area contributed by atoms with Crippen LogP contribution >= 0.6 is 0 Å². The number of rotatable bonds is 4. The molecule has 1 amide bonds. The second-order valence-electron chi connectivity index (χ2n) is 9.56. The number of hydrogen-bond donors (Lipinski definition) is 2. The molecule has 182 valence electrons. The Labute approximate surface area is 205 Å². The first kappa shape index (κ1) is 22.4. The summed E-state index contributed by atoms with van der Waals surface area (Å²) in [6, 6.07) is 12.5. The fourth-order valence-corrected chi connectivity index (χ4v) is 5.37. The number of carbonyl (C=O) groups is 1. The molecule has 3 saturated heterocycles. The molecule has 2 N–H and O–H groups in total. The van der Waals surface area contributed by atoms with Gasteiger partial charge >= 0.3 is 0 Å². The smallest absolute Gasteiger partial charge is 0.253 e. The van der Waals surface area contributed by atoms with Crippen LogP contribution < -0.4 is 15.8 Å². The highest BCUT2D eigenvalue weighted by atomic mass is 16.5. The van der Waals surface area contributed by atoms with Crippen molar-refractivity contribution in [2.75, 3.05) is 50.8 Å². The number of hydrogen-bond acceptors (Lipinski definition) is 7. The summed E-state index contributed by atoms with van der Waals surface area (Å²) in [6.45, 7) is 5.68. The largest absolute Gasteiger partial charge is 0.378 e. The van der Waals surface area contributed by atoms with Crippen LogP contribution in [0.2, 0.25) is 0 Å². The molecule has 3 aliphatic heterocycles. The maximum Gasteiger partial charge on any atom is 0.253 e. The standard InChI is InChI=1S/C27H32N6O2/c34-27(33-12-2-1-3-13-33)20-6-4-19(5-7-20)22-18-24(32-14-16-35-17-15-32)30-25-21(22)8-10-28-26(25)23-9-11-29-31-23/h4-8,10,18,23,29,31H,1-3,9,11-17H2. The zero-order valence-corrected chi connectivity index (χ0v) is 20.0. The molecule has 0 aliphatic carbocycles. The Balaban J connectivity index is 1.41. The van der Waals surface area contributed by atoms with E-state index in [4.69, 9.17) is 14.7 Å². The highest BCUT2D eigenvalue weighted by molar-refractivity contribution is 5.99. The van der Waals surface area contributed by atoms with Crippen LogP contribution in [-0.2, 0) is 4.74 Å². The zero-order chi connectivity index (χ0) is 23.6. The third-order valence-electron chi connectivity index (χ3n) is 7.33. The Kier molecular flexibility index (Phi) is 6.33. The molecule has 0 bridgehead atoms. The molecule has 1 atom stereocenters. The van der Waals surface area contributed by atoms with Crippen molar-refractivity contribution in [2.45, 2.75) is 31.7 Å². The van der Waals surface area contributed by atoms with E-state index in [1.165, 1.54) is 6.42 Å². The number of piperidine rings is 1. The Morgan fingerprint density at radius 1 is 1.00 bits per heavy atom. The van der Waals surface area contributed by atoms with Crippen LogP contribution in [0.15, 0.2) is 42.6 Å². The van der Waals surface area contributed by atoms with Crippen LogP contribution in [0.5, 0.6) is 0 Å². The number of pyridine rings is 2. The number of amides is 1. The number of hydrazine groups is 1. The summed E-state index contributed by atoms with van der Waals surface area (Å²) in [4.78, 5) is 27.1. The van der Waals surface area contributed by atoms with E-state index in [1.54, 1.807) is 0 Å². The molecule has 3 fully saturated rings. The first-order chi connectivity index (χ1) is 17.3. The lowest BCUT2D eigenvalue weighted by molar-refractivity contribution is 0.0724. The number of fused-ring (bicyclic) bond motifs is 1. The van der Waals surface area contributed by atoms with Crippen molar-refractivity contribution in [3.8, 4) is 11.1 Å². The number of nitrogens with one attached hydrogen (secondary N) is 2. The number of aromatic nitrogens is 2. The maximum absolute atomic E-state index is 13.0. The van der Waals surface area contributed by atoms with Gasteiger partial charge in [-0.2, -0.15) is 0 Å². The lowest BCUT2D eigenvalue weighted by atomic mass is 9.97. The van der Waals surface area contributed by atoms with Gasteiger partial charge in [0, 0.05) is 49.9 Å². The van der Waals surface area contributed by atoms with Crippen molar-refractivity contribution in [3.63, 3.8) is 0 Å². The Hall–Kier alpha value is -3.07. The lowest BCUT2D eigenvalue weighted by Crippen LogP contribution is -2.36. The van der Waals surface area contributed by atoms with Crippen LogP contribution in [-0.4, -0.2) is 66.7 Å². The van der Waals surface area contributed by atoms with E-state index < -0.39 is 0 Å². The van der Waals surface area contributed by atoms with Gasteiger partial charge in [-0.15, -0.1) is 0 Å². The van der Waals surface area contributed by atoms with Gasteiger partial charge in [-0.25, -0.2) is 10.4 Å². The molecular formula is C27H32N6O2. The number of ether oxygens (including phenoxy) is 1. The minimum Gasteiger partial charge on any atom is -0.378 e. The van der Waals surface area contributed by atoms with Gasteiger partial charge in [-0.1, -0.05) is 12.1 Å². The van der Waals surface area contributed by atoms with Crippen LogP contribution in [0.3, 0.4) is 0 Å². The monoisotopic (exact) mass is 472 g/mol. The molecule has 8 nitrogen and oxygen atoms in total. The van der Waals surface area contributed by atoms with Crippen molar-refractivity contribution in [1.29, 1.82) is 0 Å². The van der Waals surface area contributed by atoms with E-state index in [1.807, 2.05) is 23.2 Å². The normalized spacial score (nSPS) is 21.0. The summed E-state index contributed by atoms with van der Waals surface area (Å²) < 4.78 is 5.58. The van der Waals surface area contributed by atoms with Crippen molar-refractivity contribution < 1.29 is 9.53 Å². The highest BCUT2D eigenvalue weighted by Crippen LogP contribution is 2.35. The molecule has 3 aromatic rings. The highest BCUT2D eigenvalue weighted by Gasteiger charge is 2.24. The second kappa shape index (κ2) is 9.89. The number of morpholine rings is 1. The second-order valence-corrected chi connectivity index (χ2v) is 9.56. The van der Waals surface area contributed by atoms with E-state index in [-0.39, 0.29) is 11.9 Å². The quantitative estimate of drug-likeness (QED) is 0.603. The summed E-state index contributed by atoms with van der Waals surface area (Å²) in [5, 5.41) is 1.08. The molecule has 2 aromatic heterocycles. The SMILES string of the molecule is O=C(c1ccc(-c2cc(N3CCOCC3)nc3c(C4CCNN4)nccc23)cc1)N1CCCCC1. The Morgan fingerprint density at radius 2 is 1.80 bits per heavy atom. The molecule has 0 spiro atoms. The molecule has 0 saturated carbocycles. The summed E-state index contributed by atoms with van der Waals surface area (Å²) in [5.74, 6) is 1.08.